The second-order valence-corrected chi connectivity index (χ2v) is 12.9. The molecular formula is C10H28KN2O12P4. The molecule has 19 heteroatoms. The minimum absolute atomic E-state index is 0. The SMILES string of the molecule is O=P(O)(O)CN(CCCCCCN(CP(=O)(O)O)CP(=O)(O)O)CP(=O)(O)O.[K]. The molecule has 0 aromatic heterocycles. The molecule has 0 amide bonds. The van der Waals surface area contributed by atoms with E-state index in [1.54, 1.807) is 0 Å². The van der Waals surface area contributed by atoms with Gasteiger partial charge in [0.2, 0.25) is 0 Å². The van der Waals surface area contributed by atoms with Crippen LogP contribution in [0.15, 0.2) is 0 Å². The summed E-state index contributed by atoms with van der Waals surface area (Å²) in [5.41, 5.74) is 0. The van der Waals surface area contributed by atoms with Crippen molar-refractivity contribution in [1.82, 2.24) is 9.80 Å². The maximum atomic E-state index is 11.0. The third-order valence-corrected chi connectivity index (χ3v) is 6.31. The smallest absolute Gasteiger partial charge is 0.324 e. The van der Waals surface area contributed by atoms with Crippen LogP contribution in [0.2, 0.25) is 0 Å². The first-order chi connectivity index (χ1) is 12.4. The Kier molecular flexibility index (Phi) is 16.6. The van der Waals surface area contributed by atoms with Gasteiger partial charge in [-0.25, -0.2) is 0 Å². The maximum absolute atomic E-state index is 11.0. The molecule has 0 aliphatic rings. The van der Waals surface area contributed by atoms with Crippen molar-refractivity contribution in [2.75, 3.05) is 38.2 Å². The molecule has 0 aliphatic heterocycles. The fourth-order valence-corrected chi connectivity index (χ4v) is 5.80. The largest absolute Gasteiger partial charge is 0.339 e. The topological polar surface area (TPSA) is 237 Å². The van der Waals surface area contributed by atoms with Gasteiger partial charge in [-0.1, -0.05) is 12.8 Å². The van der Waals surface area contributed by atoms with Crippen LogP contribution in [-0.4, -0.2) is 139 Å². The zero-order valence-electron chi connectivity index (χ0n) is 16.0. The molecule has 0 rings (SSSR count). The Morgan fingerprint density at radius 1 is 0.448 bits per heavy atom. The molecule has 0 spiro atoms. The van der Waals surface area contributed by atoms with Gasteiger partial charge in [-0.3, -0.25) is 28.1 Å². The van der Waals surface area contributed by atoms with Crippen molar-refractivity contribution in [2.24, 2.45) is 0 Å². The molecule has 14 nitrogen and oxygen atoms in total. The molecule has 0 aliphatic carbocycles. The molecular weight excluding hydrogens is 503 g/mol. The van der Waals surface area contributed by atoms with E-state index < -0.39 is 55.5 Å². The zero-order chi connectivity index (χ0) is 22.2. The Balaban J connectivity index is 0. The van der Waals surface area contributed by atoms with Gasteiger partial charge in [0.15, 0.2) is 0 Å². The van der Waals surface area contributed by atoms with Crippen LogP contribution in [0.5, 0.6) is 0 Å². The van der Waals surface area contributed by atoms with Gasteiger partial charge in [0.25, 0.3) is 0 Å². The van der Waals surface area contributed by atoms with Crippen LogP contribution in [0.25, 0.3) is 0 Å². The van der Waals surface area contributed by atoms with Crippen molar-refractivity contribution >= 4 is 81.8 Å². The Hall–Kier alpha value is 2.16. The minimum Gasteiger partial charge on any atom is -0.324 e. The first-order valence-corrected chi connectivity index (χ1v) is 15.2. The predicted molar refractivity (Wildman–Crippen MR) is 105 cm³/mol. The second-order valence-electron chi connectivity index (χ2n) is 6.43. The second kappa shape index (κ2) is 14.4. The van der Waals surface area contributed by atoms with E-state index >= 15 is 0 Å². The standard InChI is InChI=1S/C10H28N2O12P4.K/c13-25(14,15)7-11(8-26(16,17)18)5-3-1-2-4-6-12(9-27(19,20)21)10-28(22,23)24;/h1-10H2,(H2,13,14,15)(H2,16,17,18)(H2,19,20,21)(H2,22,23,24);. The molecule has 0 heterocycles. The van der Waals surface area contributed by atoms with Crippen LogP contribution < -0.4 is 0 Å². The molecule has 0 aromatic carbocycles. The molecule has 29 heavy (non-hydrogen) atoms. The third kappa shape index (κ3) is 24.6. The van der Waals surface area contributed by atoms with E-state index in [1.165, 1.54) is 0 Å². The van der Waals surface area contributed by atoms with Gasteiger partial charge in [-0.05, 0) is 25.9 Å². The summed E-state index contributed by atoms with van der Waals surface area (Å²) >= 11 is 0. The van der Waals surface area contributed by atoms with E-state index in [-0.39, 0.29) is 64.5 Å². The average Bonchev–Trinajstić information content (AvgIpc) is 2.34. The number of hydrogen-bond donors (Lipinski definition) is 8. The summed E-state index contributed by atoms with van der Waals surface area (Å²) in [6, 6.07) is 0. The fourth-order valence-electron chi connectivity index (χ4n) is 2.44. The maximum Gasteiger partial charge on any atom is 0.339 e. The molecule has 0 unspecified atom stereocenters. The van der Waals surface area contributed by atoms with E-state index in [0.29, 0.717) is 25.7 Å². The van der Waals surface area contributed by atoms with Crippen molar-refractivity contribution in [3.8, 4) is 0 Å². The molecule has 0 atom stereocenters. The summed E-state index contributed by atoms with van der Waals surface area (Å²) in [5.74, 6) is 0. The van der Waals surface area contributed by atoms with Gasteiger partial charge in [-0.2, -0.15) is 0 Å². The zero-order valence-corrected chi connectivity index (χ0v) is 22.7. The molecule has 0 aromatic rings. The number of unbranched alkanes of at least 4 members (excludes halogenated alkanes) is 3. The van der Waals surface area contributed by atoms with Gasteiger partial charge >= 0.3 is 30.4 Å². The van der Waals surface area contributed by atoms with E-state index in [0.717, 1.165) is 9.80 Å². The normalized spacial score (nSPS) is 13.7. The molecule has 0 saturated heterocycles. The fraction of sp³-hybridized carbons (Fsp3) is 1.00. The van der Waals surface area contributed by atoms with Crippen molar-refractivity contribution in [3.05, 3.63) is 0 Å². The quantitative estimate of drug-likeness (QED) is 0.0742. The third-order valence-electron chi connectivity index (χ3n) is 3.24. The summed E-state index contributed by atoms with van der Waals surface area (Å²) < 4.78 is 44.1. The van der Waals surface area contributed by atoms with Crippen molar-refractivity contribution in [3.63, 3.8) is 0 Å². The van der Waals surface area contributed by atoms with Crippen LogP contribution in [-0.2, 0) is 18.3 Å². The van der Waals surface area contributed by atoms with Crippen molar-refractivity contribution in [2.45, 2.75) is 25.7 Å². The van der Waals surface area contributed by atoms with Gasteiger partial charge in [0.05, 0.1) is 0 Å². The van der Waals surface area contributed by atoms with E-state index in [1.807, 2.05) is 0 Å². The Morgan fingerprint density at radius 2 is 0.655 bits per heavy atom. The van der Waals surface area contributed by atoms with Crippen LogP contribution in [0.3, 0.4) is 0 Å². The first-order valence-electron chi connectivity index (χ1n) is 7.99. The molecule has 8 N–H and O–H groups in total. The number of hydrogen-bond acceptors (Lipinski definition) is 6. The molecule has 1 radical (unpaired) electrons. The van der Waals surface area contributed by atoms with Crippen LogP contribution >= 0.6 is 30.4 Å². The molecule has 0 saturated carbocycles. The summed E-state index contributed by atoms with van der Waals surface area (Å²) in [5, 5.41) is 0. The van der Waals surface area contributed by atoms with E-state index in [4.69, 9.17) is 39.1 Å². The monoisotopic (exact) mass is 531 g/mol. The van der Waals surface area contributed by atoms with Crippen molar-refractivity contribution < 1.29 is 57.4 Å². The summed E-state index contributed by atoms with van der Waals surface area (Å²) in [6.07, 6.45) is -1.55. The average molecular weight is 531 g/mol. The van der Waals surface area contributed by atoms with Crippen LogP contribution in [0.1, 0.15) is 25.7 Å². The Bertz CT molecular complexity index is 553. The molecule has 0 fully saturated rings. The van der Waals surface area contributed by atoms with E-state index in [2.05, 4.69) is 0 Å². The molecule has 171 valence electrons. The number of rotatable bonds is 15. The Labute approximate surface area is 211 Å². The van der Waals surface area contributed by atoms with Crippen molar-refractivity contribution in [1.29, 1.82) is 0 Å². The Morgan fingerprint density at radius 3 is 0.828 bits per heavy atom. The van der Waals surface area contributed by atoms with Gasteiger partial charge in [-0.15, -0.1) is 0 Å². The summed E-state index contributed by atoms with van der Waals surface area (Å²) in [6.45, 7) is 0.0375. The van der Waals surface area contributed by atoms with Gasteiger partial charge < -0.3 is 39.1 Å². The number of nitrogens with zero attached hydrogens (tertiary/aromatic N) is 2. The summed E-state index contributed by atoms with van der Waals surface area (Å²) in [7, 11) is -18.0. The van der Waals surface area contributed by atoms with E-state index in [9.17, 15) is 18.3 Å². The molecule has 0 bridgehead atoms. The predicted octanol–water partition coefficient (Wildman–Crippen LogP) is -0.689. The van der Waals surface area contributed by atoms with Crippen LogP contribution in [0, 0.1) is 0 Å². The van der Waals surface area contributed by atoms with Gasteiger partial charge in [0, 0.05) is 51.4 Å². The minimum atomic E-state index is -4.49. The van der Waals surface area contributed by atoms with Crippen LogP contribution in [0.4, 0.5) is 0 Å². The van der Waals surface area contributed by atoms with Gasteiger partial charge in [0.1, 0.15) is 25.1 Å². The first kappa shape index (κ1) is 33.3. The summed E-state index contributed by atoms with van der Waals surface area (Å²) in [4.78, 5) is 73.6.